The molecule has 0 radical (unpaired) electrons. The Hall–Kier alpha value is -3.12. The third kappa shape index (κ3) is 4.23. The minimum Gasteiger partial charge on any atom is -0.456 e. The summed E-state index contributed by atoms with van der Waals surface area (Å²) in [6.07, 6.45) is 3.04. The van der Waals surface area contributed by atoms with Crippen molar-refractivity contribution in [1.29, 1.82) is 0 Å². The van der Waals surface area contributed by atoms with Crippen molar-refractivity contribution in [3.63, 3.8) is 0 Å². The number of rotatable bonds is 5. The van der Waals surface area contributed by atoms with E-state index in [9.17, 15) is 4.79 Å². The molecule has 5 rings (SSSR count). The second kappa shape index (κ2) is 8.27. The standard InChI is InChI=1S/C28H31N3O2S/c1-17-13-20-21(28(4,5)11-10-27(20,2)3)15-18(17)14-19-8-9-23(33-19)26(32)29-25-16-22(30-31-25)24-7-6-12-34-24/h6-9,12-13,15-16H,10-11,14H2,1-5H3,(H2,29,30,31,32). The number of fused-ring (bicyclic) bond motifs is 1. The highest BCUT2D eigenvalue weighted by Gasteiger charge is 2.37. The van der Waals surface area contributed by atoms with Gasteiger partial charge in [0, 0.05) is 12.5 Å². The van der Waals surface area contributed by atoms with Crippen LogP contribution in [0, 0.1) is 6.92 Å². The van der Waals surface area contributed by atoms with Crippen molar-refractivity contribution in [2.75, 3.05) is 5.32 Å². The number of aromatic nitrogens is 2. The molecular formula is C28H31N3O2S. The smallest absolute Gasteiger partial charge is 0.292 e. The van der Waals surface area contributed by atoms with Crippen LogP contribution in [0.1, 0.15) is 79.1 Å². The van der Waals surface area contributed by atoms with Gasteiger partial charge in [0.2, 0.25) is 0 Å². The lowest BCUT2D eigenvalue weighted by Crippen LogP contribution is -2.34. The number of furan rings is 1. The van der Waals surface area contributed by atoms with Crippen LogP contribution in [0.4, 0.5) is 5.82 Å². The SMILES string of the molecule is Cc1cc2c(cc1Cc1ccc(C(=O)Nc3cc(-c4cccs4)[nH]n3)o1)C(C)(C)CCC2(C)C. The Labute approximate surface area is 204 Å². The first-order valence-corrected chi connectivity index (χ1v) is 12.6. The molecule has 176 valence electrons. The number of carbonyl (C=O) groups is 1. The van der Waals surface area contributed by atoms with Gasteiger partial charge >= 0.3 is 0 Å². The molecule has 6 heteroatoms. The van der Waals surface area contributed by atoms with E-state index >= 15 is 0 Å². The van der Waals surface area contributed by atoms with Gasteiger partial charge in [-0.15, -0.1) is 11.3 Å². The summed E-state index contributed by atoms with van der Waals surface area (Å²) in [5.74, 6) is 1.23. The first-order chi connectivity index (χ1) is 16.1. The molecule has 1 aliphatic carbocycles. The van der Waals surface area contributed by atoms with E-state index < -0.39 is 0 Å². The fourth-order valence-electron chi connectivity index (χ4n) is 4.86. The van der Waals surface area contributed by atoms with E-state index in [1.807, 2.05) is 29.6 Å². The Balaban J connectivity index is 1.33. The van der Waals surface area contributed by atoms with Crippen LogP contribution in [0.25, 0.3) is 10.6 Å². The number of anilines is 1. The van der Waals surface area contributed by atoms with Crippen LogP contribution in [-0.4, -0.2) is 16.1 Å². The highest BCUT2D eigenvalue weighted by atomic mass is 32.1. The average molecular weight is 474 g/mol. The highest BCUT2D eigenvalue weighted by Crippen LogP contribution is 2.46. The number of carbonyl (C=O) groups excluding carboxylic acids is 1. The second-order valence-electron chi connectivity index (χ2n) is 10.6. The van der Waals surface area contributed by atoms with E-state index in [1.165, 1.54) is 35.1 Å². The molecule has 0 atom stereocenters. The molecule has 1 aromatic carbocycles. The maximum atomic E-state index is 12.7. The zero-order valence-electron chi connectivity index (χ0n) is 20.4. The summed E-state index contributed by atoms with van der Waals surface area (Å²) in [5, 5.41) is 12.0. The second-order valence-corrected chi connectivity index (χ2v) is 11.6. The average Bonchev–Trinajstić information content (AvgIpc) is 3.54. The molecule has 0 aliphatic heterocycles. The number of benzene rings is 1. The van der Waals surface area contributed by atoms with Crippen LogP contribution in [0.15, 0.2) is 52.3 Å². The molecule has 34 heavy (non-hydrogen) atoms. The number of hydrogen-bond donors (Lipinski definition) is 2. The van der Waals surface area contributed by atoms with E-state index in [0.717, 1.165) is 16.3 Å². The third-order valence-corrected chi connectivity index (χ3v) is 8.07. The zero-order chi connectivity index (χ0) is 24.1. The fraction of sp³-hybridized carbons (Fsp3) is 0.357. The number of amides is 1. The third-order valence-electron chi connectivity index (χ3n) is 7.17. The summed E-state index contributed by atoms with van der Waals surface area (Å²) in [7, 11) is 0. The van der Waals surface area contributed by atoms with Crippen molar-refractivity contribution in [1.82, 2.24) is 10.2 Å². The Morgan fingerprint density at radius 3 is 2.53 bits per heavy atom. The summed E-state index contributed by atoms with van der Waals surface area (Å²) in [6, 6.07) is 14.2. The van der Waals surface area contributed by atoms with Gasteiger partial charge in [-0.1, -0.05) is 45.9 Å². The van der Waals surface area contributed by atoms with Crippen LogP contribution >= 0.6 is 11.3 Å². The van der Waals surface area contributed by atoms with Gasteiger partial charge in [0.05, 0.1) is 10.6 Å². The zero-order valence-corrected chi connectivity index (χ0v) is 21.2. The lowest BCUT2D eigenvalue weighted by molar-refractivity contribution is 0.0994. The van der Waals surface area contributed by atoms with Gasteiger partial charge in [0.1, 0.15) is 5.76 Å². The quantitative estimate of drug-likeness (QED) is 0.321. The van der Waals surface area contributed by atoms with Crippen molar-refractivity contribution in [3.05, 3.63) is 81.6 Å². The van der Waals surface area contributed by atoms with Crippen molar-refractivity contribution in [2.45, 2.75) is 64.7 Å². The van der Waals surface area contributed by atoms with Gasteiger partial charge in [0.25, 0.3) is 5.91 Å². The largest absolute Gasteiger partial charge is 0.456 e. The Bertz CT molecular complexity index is 1340. The number of thiophene rings is 1. The summed E-state index contributed by atoms with van der Waals surface area (Å²) in [6.45, 7) is 11.6. The predicted octanol–water partition coefficient (Wildman–Crippen LogP) is 7.23. The number of aryl methyl sites for hydroxylation is 1. The number of hydrogen-bond acceptors (Lipinski definition) is 4. The first-order valence-electron chi connectivity index (χ1n) is 11.8. The number of H-pyrrole nitrogens is 1. The molecule has 0 spiro atoms. The Morgan fingerprint density at radius 2 is 1.82 bits per heavy atom. The van der Waals surface area contributed by atoms with E-state index in [-0.39, 0.29) is 22.5 Å². The van der Waals surface area contributed by atoms with Crippen LogP contribution in [0.3, 0.4) is 0 Å². The lowest BCUT2D eigenvalue weighted by atomic mass is 9.62. The summed E-state index contributed by atoms with van der Waals surface area (Å²) in [4.78, 5) is 13.8. The van der Waals surface area contributed by atoms with E-state index in [2.05, 4.69) is 62.3 Å². The minimum atomic E-state index is -0.305. The molecule has 5 nitrogen and oxygen atoms in total. The Kier molecular flexibility index (Phi) is 5.52. The van der Waals surface area contributed by atoms with Gasteiger partial charge in [-0.25, -0.2) is 0 Å². The molecular weight excluding hydrogens is 442 g/mol. The number of nitrogens with zero attached hydrogens (tertiary/aromatic N) is 1. The van der Waals surface area contributed by atoms with Crippen LogP contribution in [0.5, 0.6) is 0 Å². The van der Waals surface area contributed by atoms with Gasteiger partial charge in [-0.05, 0) is 76.4 Å². The molecule has 0 unspecified atom stereocenters. The highest BCUT2D eigenvalue weighted by molar-refractivity contribution is 7.13. The minimum absolute atomic E-state index is 0.160. The molecule has 0 bridgehead atoms. The molecule has 0 fully saturated rings. The van der Waals surface area contributed by atoms with Crippen LogP contribution in [0.2, 0.25) is 0 Å². The van der Waals surface area contributed by atoms with Gasteiger partial charge < -0.3 is 9.73 Å². The Morgan fingerprint density at radius 1 is 1.09 bits per heavy atom. The lowest BCUT2D eigenvalue weighted by Gasteiger charge is -2.42. The summed E-state index contributed by atoms with van der Waals surface area (Å²) >= 11 is 1.62. The maximum Gasteiger partial charge on any atom is 0.292 e. The molecule has 3 aromatic heterocycles. The van der Waals surface area contributed by atoms with E-state index in [4.69, 9.17) is 4.42 Å². The van der Waals surface area contributed by atoms with Crippen LogP contribution in [-0.2, 0) is 17.3 Å². The summed E-state index contributed by atoms with van der Waals surface area (Å²) in [5.41, 5.74) is 6.65. The first kappa shape index (κ1) is 22.7. The van der Waals surface area contributed by atoms with Crippen molar-refractivity contribution < 1.29 is 9.21 Å². The van der Waals surface area contributed by atoms with Gasteiger partial charge in [0.15, 0.2) is 11.6 Å². The van der Waals surface area contributed by atoms with Gasteiger partial charge in [-0.3, -0.25) is 9.89 Å². The molecule has 0 saturated heterocycles. The van der Waals surface area contributed by atoms with Crippen LogP contribution < -0.4 is 5.32 Å². The van der Waals surface area contributed by atoms with Gasteiger partial charge in [-0.2, -0.15) is 5.10 Å². The fourth-order valence-corrected chi connectivity index (χ4v) is 5.55. The maximum absolute atomic E-state index is 12.7. The molecule has 1 aliphatic rings. The number of aromatic amines is 1. The topological polar surface area (TPSA) is 70.9 Å². The summed E-state index contributed by atoms with van der Waals surface area (Å²) < 4.78 is 5.94. The van der Waals surface area contributed by atoms with E-state index in [0.29, 0.717) is 12.2 Å². The monoisotopic (exact) mass is 473 g/mol. The molecule has 4 aromatic rings. The number of nitrogens with one attached hydrogen (secondary N) is 2. The molecule has 0 saturated carbocycles. The predicted molar refractivity (Wildman–Crippen MR) is 138 cm³/mol. The normalized spacial score (nSPS) is 16.3. The molecule has 1 amide bonds. The molecule has 2 N–H and O–H groups in total. The molecule has 3 heterocycles. The van der Waals surface area contributed by atoms with Crippen molar-refractivity contribution >= 4 is 23.1 Å². The van der Waals surface area contributed by atoms with Crippen molar-refractivity contribution in [3.8, 4) is 10.6 Å². The van der Waals surface area contributed by atoms with E-state index in [1.54, 1.807) is 17.4 Å². The van der Waals surface area contributed by atoms with Crippen molar-refractivity contribution in [2.24, 2.45) is 0 Å².